The highest BCUT2D eigenvalue weighted by Gasteiger charge is 2.18. The normalized spacial score (nSPS) is 13.2. The molecule has 0 aliphatic rings. The largest absolute Gasteiger partial charge is 0.481 e. The Bertz CT molecular complexity index is 530. The Balaban J connectivity index is 2.73. The van der Waals surface area contributed by atoms with Crippen molar-refractivity contribution >= 4 is 27.6 Å². The fraction of sp³-hybridized carbons (Fsp3) is 0.364. The Morgan fingerprint density at radius 2 is 2.06 bits per heavy atom. The number of carboxylic acids is 1. The standard InChI is InChI=1S/C11H14ClNO4S/c1-8(9-4-2-3-5-10(9)12)13-18(16,17)7-6-11(14)15/h2-5,8,13H,6-7H2,1H3,(H,14,15). The molecule has 0 radical (unpaired) electrons. The molecule has 0 bridgehead atoms. The van der Waals surface area contributed by atoms with Gasteiger partial charge in [-0.15, -0.1) is 0 Å². The molecule has 0 aliphatic heterocycles. The van der Waals surface area contributed by atoms with Gasteiger partial charge in [0.15, 0.2) is 0 Å². The van der Waals surface area contributed by atoms with Gasteiger partial charge in [0, 0.05) is 11.1 Å². The van der Waals surface area contributed by atoms with Crippen molar-refractivity contribution in [2.45, 2.75) is 19.4 Å². The average molecular weight is 292 g/mol. The van der Waals surface area contributed by atoms with Crippen LogP contribution in [0.5, 0.6) is 0 Å². The number of benzene rings is 1. The monoisotopic (exact) mass is 291 g/mol. The second kappa shape index (κ2) is 6.17. The number of carbonyl (C=O) groups is 1. The molecule has 0 heterocycles. The van der Waals surface area contributed by atoms with Crippen LogP contribution in [0.4, 0.5) is 0 Å². The molecule has 1 aromatic carbocycles. The van der Waals surface area contributed by atoms with Gasteiger partial charge in [0.1, 0.15) is 0 Å². The Labute approximate surface area is 111 Å². The van der Waals surface area contributed by atoms with Crippen LogP contribution < -0.4 is 4.72 Å². The van der Waals surface area contributed by atoms with E-state index in [2.05, 4.69) is 4.72 Å². The minimum Gasteiger partial charge on any atom is -0.481 e. The lowest BCUT2D eigenvalue weighted by Crippen LogP contribution is -2.30. The maximum Gasteiger partial charge on any atom is 0.304 e. The number of sulfonamides is 1. The molecule has 0 aliphatic carbocycles. The van der Waals surface area contributed by atoms with E-state index in [9.17, 15) is 13.2 Å². The second-order valence-corrected chi connectivity index (χ2v) is 6.10. The lowest BCUT2D eigenvalue weighted by molar-refractivity contribution is -0.136. The van der Waals surface area contributed by atoms with Gasteiger partial charge in [-0.05, 0) is 18.6 Å². The Morgan fingerprint density at radius 3 is 2.61 bits per heavy atom. The Hall–Kier alpha value is -1.11. The van der Waals surface area contributed by atoms with Crippen molar-refractivity contribution in [2.75, 3.05) is 5.75 Å². The van der Waals surface area contributed by atoms with E-state index in [0.717, 1.165) is 0 Å². The van der Waals surface area contributed by atoms with Gasteiger partial charge in [0.2, 0.25) is 10.0 Å². The van der Waals surface area contributed by atoms with E-state index < -0.39 is 34.2 Å². The van der Waals surface area contributed by atoms with E-state index in [1.807, 2.05) is 0 Å². The smallest absolute Gasteiger partial charge is 0.304 e. The molecule has 0 aromatic heterocycles. The first-order valence-corrected chi connectivity index (χ1v) is 7.31. The molecule has 1 rings (SSSR count). The van der Waals surface area contributed by atoms with Crippen molar-refractivity contribution in [3.05, 3.63) is 34.9 Å². The lowest BCUT2D eigenvalue weighted by atomic mass is 10.1. The van der Waals surface area contributed by atoms with Crippen LogP contribution >= 0.6 is 11.6 Å². The second-order valence-electron chi connectivity index (χ2n) is 3.82. The van der Waals surface area contributed by atoms with Crippen molar-refractivity contribution in [3.63, 3.8) is 0 Å². The fourth-order valence-corrected chi connectivity index (χ4v) is 2.97. The predicted octanol–water partition coefficient (Wildman–Crippen LogP) is 1.80. The maximum atomic E-state index is 11.6. The number of hydrogen-bond acceptors (Lipinski definition) is 3. The molecule has 2 N–H and O–H groups in total. The van der Waals surface area contributed by atoms with Crippen LogP contribution in [-0.4, -0.2) is 25.2 Å². The van der Waals surface area contributed by atoms with Gasteiger partial charge in [-0.2, -0.15) is 0 Å². The molecule has 100 valence electrons. The SMILES string of the molecule is CC(NS(=O)(=O)CCC(=O)O)c1ccccc1Cl. The third kappa shape index (κ3) is 4.64. The predicted molar refractivity (Wildman–Crippen MR) is 69.0 cm³/mol. The van der Waals surface area contributed by atoms with Crippen LogP contribution in [-0.2, 0) is 14.8 Å². The zero-order chi connectivity index (χ0) is 13.8. The highest BCUT2D eigenvalue weighted by Crippen LogP contribution is 2.22. The Morgan fingerprint density at radius 1 is 1.44 bits per heavy atom. The van der Waals surface area contributed by atoms with E-state index >= 15 is 0 Å². The fourth-order valence-electron chi connectivity index (χ4n) is 1.44. The van der Waals surface area contributed by atoms with Crippen LogP contribution in [0.3, 0.4) is 0 Å². The molecule has 1 unspecified atom stereocenters. The zero-order valence-electron chi connectivity index (χ0n) is 9.76. The first-order valence-electron chi connectivity index (χ1n) is 5.28. The topological polar surface area (TPSA) is 83.5 Å². The van der Waals surface area contributed by atoms with Crippen molar-refractivity contribution in [2.24, 2.45) is 0 Å². The van der Waals surface area contributed by atoms with Crippen molar-refractivity contribution in [3.8, 4) is 0 Å². The number of carboxylic acid groups (broad SMARTS) is 1. The summed E-state index contributed by atoms with van der Waals surface area (Å²) in [6.07, 6.45) is -0.426. The highest BCUT2D eigenvalue weighted by atomic mass is 35.5. The van der Waals surface area contributed by atoms with Gasteiger partial charge in [-0.1, -0.05) is 29.8 Å². The minimum atomic E-state index is -3.63. The van der Waals surface area contributed by atoms with Crippen molar-refractivity contribution < 1.29 is 18.3 Å². The molecule has 1 atom stereocenters. The molecular weight excluding hydrogens is 278 g/mol. The van der Waals surface area contributed by atoms with Crippen LogP contribution in [0.15, 0.2) is 24.3 Å². The molecule has 0 amide bonds. The molecular formula is C11H14ClNO4S. The van der Waals surface area contributed by atoms with Gasteiger partial charge in [-0.3, -0.25) is 4.79 Å². The Kier molecular flexibility index (Phi) is 5.13. The van der Waals surface area contributed by atoms with Gasteiger partial charge >= 0.3 is 5.97 Å². The summed E-state index contributed by atoms with van der Waals surface area (Å²) >= 11 is 5.95. The summed E-state index contributed by atoms with van der Waals surface area (Å²) in [5.74, 6) is -1.59. The summed E-state index contributed by atoms with van der Waals surface area (Å²) in [4.78, 5) is 10.3. The quantitative estimate of drug-likeness (QED) is 0.837. The maximum absolute atomic E-state index is 11.6. The summed E-state index contributed by atoms with van der Waals surface area (Å²) in [5.41, 5.74) is 0.651. The third-order valence-corrected chi connectivity index (χ3v) is 4.11. The summed E-state index contributed by atoms with van der Waals surface area (Å²) in [7, 11) is -3.63. The number of nitrogens with one attached hydrogen (secondary N) is 1. The minimum absolute atomic E-state index is 0.426. The van der Waals surface area contributed by atoms with E-state index in [1.165, 1.54) is 0 Å². The zero-order valence-corrected chi connectivity index (χ0v) is 11.3. The van der Waals surface area contributed by atoms with E-state index in [4.69, 9.17) is 16.7 Å². The summed E-state index contributed by atoms with van der Waals surface area (Å²) in [5, 5.41) is 8.92. The van der Waals surface area contributed by atoms with Crippen LogP contribution in [0.1, 0.15) is 24.9 Å². The third-order valence-electron chi connectivity index (χ3n) is 2.31. The van der Waals surface area contributed by atoms with E-state index in [1.54, 1.807) is 31.2 Å². The number of rotatable bonds is 6. The molecule has 0 saturated carbocycles. The van der Waals surface area contributed by atoms with E-state index in [0.29, 0.717) is 10.6 Å². The molecule has 5 nitrogen and oxygen atoms in total. The molecule has 0 spiro atoms. The molecule has 0 fully saturated rings. The first-order chi connectivity index (χ1) is 8.32. The van der Waals surface area contributed by atoms with Crippen LogP contribution in [0.25, 0.3) is 0 Å². The molecule has 0 saturated heterocycles. The van der Waals surface area contributed by atoms with E-state index in [-0.39, 0.29) is 0 Å². The highest BCUT2D eigenvalue weighted by molar-refractivity contribution is 7.89. The molecule has 18 heavy (non-hydrogen) atoms. The van der Waals surface area contributed by atoms with Gasteiger partial charge in [0.25, 0.3) is 0 Å². The average Bonchev–Trinajstić information content (AvgIpc) is 2.26. The van der Waals surface area contributed by atoms with Crippen LogP contribution in [0, 0.1) is 0 Å². The van der Waals surface area contributed by atoms with Gasteiger partial charge < -0.3 is 5.11 Å². The number of hydrogen-bond donors (Lipinski definition) is 2. The first kappa shape index (κ1) is 14.9. The molecule has 1 aromatic rings. The number of aliphatic carboxylic acids is 1. The lowest BCUT2D eigenvalue weighted by Gasteiger charge is -2.15. The van der Waals surface area contributed by atoms with Crippen molar-refractivity contribution in [1.29, 1.82) is 0 Å². The van der Waals surface area contributed by atoms with Crippen molar-refractivity contribution in [1.82, 2.24) is 4.72 Å². The molecule has 7 heteroatoms. The summed E-state index contributed by atoms with van der Waals surface area (Å²) in [6.45, 7) is 1.65. The number of halogens is 1. The van der Waals surface area contributed by atoms with Gasteiger partial charge in [0.05, 0.1) is 12.2 Å². The summed E-state index contributed by atoms with van der Waals surface area (Å²) < 4.78 is 25.6. The summed E-state index contributed by atoms with van der Waals surface area (Å²) in [6, 6.07) is 6.38. The van der Waals surface area contributed by atoms with Gasteiger partial charge in [-0.25, -0.2) is 13.1 Å². The van der Waals surface area contributed by atoms with Crippen LogP contribution in [0.2, 0.25) is 5.02 Å².